The Morgan fingerprint density at radius 1 is 0.792 bits per heavy atom. The molecule has 118 valence electrons. The number of carbonyl (C=O) groups is 1. The Morgan fingerprint density at radius 2 is 1.58 bits per heavy atom. The Hall–Kier alpha value is -3.07. The molecule has 0 N–H and O–H groups in total. The van der Waals surface area contributed by atoms with Crippen LogP contribution in [-0.2, 0) is 0 Å². The maximum atomic E-state index is 12.2. The summed E-state index contributed by atoms with van der Waals surface area (Å²) < 4.78 is 10.8. The fourth-order valence-electron chi connectivity index (χ4n) is 3.29. The minimum atomic E-state index is 0.0481. The van der Waals surface area contributed by atoms with Crippen molar-refractivity contribution in [2.45, 2.75) is 0 Å². The molecular formula is C21H16O3. The summed E-state index contributed by atoms with van der Waals surface area (Å²) in [6.45, 7) is 0. The summed E-state index contributed by atoms with van der Waals surface area (Å²) in [6, 6.07) is 15.8. The highest BCUT2D eigenvalue weighted by atomic mass is 16.5. The van der Waals surface area contributed by atoms with Gasteiger partial charge in [-0.2, -0.15) is 0 Å². The summed E-state index contributed by atoms with van der Waals surface area (Å²) in [5.74, 6) is 1.54. The molecular weight excluding hydrogens is 300 g/mol. The lowest BCUT2D eigenvalue weighted by atomic mass is 9.88. The third-order valence-corrected chi connectivity index (χ3v) is 4.45. The van der Waals surface area contributed by atoms with Gasteiger partial charge >= 0.3 is 0 Å². The van der Waals surface area contributed by atoms with Crippen LogP contribution in [0.4, 0.5) is 0 Å². The number of benzene rings is 3. The van der Waals surface area contributed by atoms with Gasteiger partial charge in [-0.25, -0.2) is 0 Å². The third kappa shape index (κ3) is 2.09. The average molecular weight is 316 g/mol. The topological polar surface area (TPSA) is 35.5 Å². The summed E-state index contributed by atoms with van der Waals surface area (Å²) in [7, 11) is 3.28. The Labute approximate surface area is 140 Å². The molecule has 4 rings (SSSR count). The molecule has 3 aromatic carbocycles. The van der Waals surface area contributed by atoms with Crippen LogP contribution in [0.3, 0.4) is 0 Å². The summed E-state index contributed by atoms with van der Waals surface area (Å²) in [4.78, 5) is 12.2. The van der Waals surface area contributed by atoms with E-state index in [0.717, 1.165) is 44.5 Å². The van der Waals surface area contributed by atoms with E-state index in [4.69, 9.17) is 9.47 Å². The van der Waals surface area contributed by atoms with E-state index in [-0.39, 0.29) is 5.78 Å². The molecule has 0 saturated carbocycles. The van der Waals surface area contributed by atoms with Gasteiger partial charge in [-0.3, -0.25) is 4.79 Å². The molecule has 0 heterocycles. The lowest BCUT2D eigenvalue weighted by Crippen LogP contribution is -2.02. The first kappa shape index (κ1) is 14.5. The first-order valence-electron chi connectivity index (χ1n) is 7.73. The maximum absolute atomic E-state index is 12.2. The molecule has 0 atom stereocenters. The molecule has 24 heavy (non-hydrogen) atoms. The number of rotatable bonds is 3. The van der Waals surface area contributed by atoms with E-state index < -0.39 is 0 Å². The van der Waals surface area contributed by atoms with Crippen LogP contribution in [0.25, 0.3) is 28.0 Å². The van der Waals surface area contributed by atoms with E-state index in [1.807, 2.05) is 54.6 Å². The van der Waals surface area contributed by atoms with Crippen LogP contribution in [0.1, 0.15) is 15.9 Å². The number of methoxy groups -OCH3 is 2. The molecule has 0 unspecified atom stereocenters. The highest BCUT2D eigenvalue weighted by Crippen LogP contribution is 2.40. The number of ether oxygens (including phenoxy) is 2. The van der Waals surface area contributed by atoms with Crippen LogP contribution < -0.4 is 9.47 Å². The van der Waals surface area contributed by atoms with Gasteiger partial charge in [-0.1, -0.05) is 30.3 Å². The van der Waals surface area contributed by atoms with Crippen molar-refractivity contribution in [2.75, 3.05) is 14.2 Å². The summed E-state index contributed by atoms with van der Waals surface area (Å²) in [5, 5.41) is 2.05. The normalized spacial score (nSPS) is 12.5. The SMILES string of the molecule is COc1ccc(-c2ccc3c4c(cccc24)C=CC3=O)c(OC)c1. The van der Waals surface area contributed by atoms with E-state index in [1.54, 1.807) is 20.3 Å². The molecule has 3 heteroatoms. The van der Waals surface area contributed by atoms with Crippen LogP contribution >= 0.6 is 0 Å². The predicted molar refractivity (Wildman–Crippen MR) is 95.9 cm³/mol. The molecule has 3 nitrogen and oxygen atoms in total. The molecule has 1 aliphatic carbocycles. The molecule has 1 aliphatic rings. The number of hydrogen-bond donors (Lipinski definition) is 0. The van der Waals surface area contributed by atoms with E-state index in [0.29, 0.717) is 0 Å². The second-order valence-electron chi connectivity index (χ2n) is 5.69. The van der Waals surface area contributed by atoms with Gasteiger partial charge in [-0.15, -0.1) is 0 Å². The van der Waals surface area contributed by atoms with Crippen molar-refractivity contribution in [2.24, 2.45) is 0 Å². The third-order valence-electron chi connectivity index (χ3n) is 4.45. The number of hydrogen-bond acceptors (Lipinski definition) is 3. The second kappa shape index (κ2) is 5.53. The lowest BCUT2D eigenvalue weighted by Gasteiger charge is -2.17. The van der Waals surface area contributed by atoms with Crippen molar-refractivity contribution in [3.05, 3.63) is 65.7 Å². The zero-order valence-electron chi connectivity index (χ0n) is 13.5. The molecule has 0 fully saturated rings. The van der Waals surface area contributed by atoms with Gasteiger partial charge in [-0.05, 0) is 40.8 Å². The van der Waals surface area contributed by atoms with Gasteiger partial charge in [0.2, 0.25) is 0 Å². The molecule has 0 aromatic heterocycles. The Morgan fingerprint density at radius 3 is 2.38 bits per heavy atom. The van der Waals surface area contributed by atoms with Crippen LogP contribution in [0.2, 0.25) is 0 Å². The van der Waals surface area contributed by atoms with Crippen LogP contribution in [0.5, 0.6) is 11.5 Å². The smallest absolute Gasteiger partial charge is 0.186 e. The Balaban J connectivity index is 2.04. The van der Waals surface area contributed by atoms with Crippen molar-refractivity contribution < 1.29 is 14.3 Å². The van der Waals surface area contributed by atoms with Gasteiger partial charge in [0.05, 0.1) is 14.2 Å². The molecule has 0 spiro atoms. The Kier molecular flexibility index (Phi) is 3.35. The Bertz CT molecular complexity index is 999. The largest absolute Gasteiger partial charge is 0.497 e. The van der Waals surface area contributed by atoms with Gasteiger partial charge in [0.15, 0.2) is 5.78 Å². The second-order valence-corrected chi connectivity index (χ2v) is 5.69. The maximum Gasteiger partial charge on any atom is 0.186 e. The van der Waals surface area contributed by atoms with Gasteiger partial charge in [0.1, 0.15) is 11.5 Å². The zero-order valence-corrected chi connectivity index (χ0v) is 13.5. The van der Waals surface area contributed by atoms with E-state index >= 15 is 0 Å². The number of allylic oxidation sites excluding steroid dienone is 1. The van der Waals surface area contributed by atoms with Gasteiger partial charge in [0.25, 0.3) is 0 Å². The van der Waals surface area contributed by atoms with Crippen molar-refractivity contribution in [3.63, 3.8) is 0 Å². The summed E-state index contributed by atoms with van der Waals surface area (Å²) in [5.41, 5.74) is 3.83. The highest BCUT2D eigenvalue weighted by Gasteiger charge is 2.18. The van der Waals surface area contributed by atoms with Crippen LogP contribution in [-0.4, -0.2) is 20.0 Å². The minimum absolute atomic E-state index is 0.0481. The fourth-order valence-corrected chi connectivity index (χ4v) is 3.29. The molecule has 0 radical (unpaired) electrons. The van der Waals surface area contributed by atoms with E-state index in [2.05, 4.69) is 0 Å². The van der Waals surface area contributed by atoms with Crippen molar-refractivity contribution in [1.82, 2.24) is 0 Å². The highest BCUT2D eigenvalue weighted by molar-refractivity contribution is 6.21. The minimum Gasteiger partial charge on any atom is -0.497 e. The average Bonchev–Trinajstić information content (AvgIpc) is 2.64. The fraction of sp³-hybridized carbons (Fsp3) is 0.0952. The van der Waals surface area contributed by atoms with Crippen LogP contribution in [0.15, 0.2) is 54.6 Å². The van der Waals surface area contributed by atoms with Crippen molar-refractivity contribution >= 4 is 22.6 Å². The lowest BCUT2D eigenvalue weighted by molar-refractivity contribution is 0.104. The van der Waals surface area contributed by atoms with Gasteiger partial charge < -0.3 is 9.47 Å². The zero-order chi connectivity index (χ0) is 16.7. The molecule has 0 amide bonds. The van der Waals surface area contributed by atoms with E-state index in [1.165, 1.54) is 0 Å². The predicted octanol–water partition coefficient (Wildman–Crippen LogP) is 4.73. The number of ketones is 1. The van der Waals surface area contributed by atoms with E-state index in [9.17, 15) is 4.79 Å². The quantitative estimate of drug-likeness (QED) is 0.700. The standard InChI is InChI=1S/C21H16O3/c1-23-14-7-8-16(20(12-14)24-2)15-9-10-18-19(22)11-6-13-4-3-5-17(15)21(13)18/h3-12H,1-2H3. The van der Waals surface area contributed by atoms with Crippen molar-refractivity contribution in [3.8, 4) is 22.6 Å². The monoisotopic (exact) mass is 316 g/mol. The molecule has 0 bridgehead atoms. The summed E-state index contributed by atoms with van der Waals surface area (Å²) >= 11 is 0. The molecule has 3 aromatic rings. The van der Waals surface area contributed by atoms with Crippen LogP contribution in [0, 0.1) is 0 Å². The molecule has 0 aliphatic heterocycles. The summed E-state index contributed by atoms with van der Waals surface area (Å²) in [6.07, 6.45) is 3.51. The van der Waals surface area contributed by atoms with Crippen molar-refractivity contribution in [1.29, 1.82) is 0 Å². The van der Waals surface area contributed by atoms with Gasteiger partial charge in [0, 0.05) is 22.6 Å². The first-order chi connectivity index (χ1) is 11.7. The number of carbonyl (C=O) groups excluding carboxylic acids is 1. The molecule has 0 saturated heterocycles. The first-order valence-corrected chi connectivity index (χ1v) is 7.73.